The Labute approximate surface area is 162 Å². The molecule has 3 fully saturated rings. The molecule has 1 amide bonds. The molecule has 5 nitrogen and oxygen atoms in total. The van der Waals surface area contributed by atoms with Crippen molar-refractivity contribution in [3.63, 3.8) is 0 Å². The van der Waals surface area contributed by atoms with Crippen molar-refractivity contribution in [1.82, 2.24) is 5.48 Å². The summed E-state index contributed by atoms with van der Waals surface area (Å²) in [4.78, 5) is 11.0. The van der Waals surface area contributed by atoms with Gasteiger partial charge in [-0.1, -0.05) is 43.6 Å². The van der Waals surface area contributed by atoms with Crippen LogP contribution in [0.15, 0.2) is 24.3 Å². The number of aliphatic hydroxyl groups excluding tert-OH is 1. The first kappa shape index (κ1) is 20.6. The van der Waals surface area contributed by atoms with Crippen LogP contribution < -0.4 is 5.48 Å². The molecule has 0 aromatic carbocycles. The molecule has 0 spiro atoms. The summed E-state index contributed by atoms with van der Waals surface area (Å²) in [6, 6.07) is 0. The average Bonchev–Trinajstić information content (AvgIpc) is 3.31. The van der Waals surface area contributed by atoms with Crippen LogP contribution in [0.2, 0.25) is 0 Å². The van der Waals surface area contributed by atoms with Crippen LogP contribution in [0.4, 0.5) is 0 Å². The van der Waals surface area contributed by atoms with Gasteiger partial charge in [-0.2, -0.15) is 0 Å². The number of fused-ring (bicyclic) bond motifs is 2. The van der Waals surface area contributed by atoms with Crippen molar-refractivity contribution in [2.75, 3.05) is 0 Å². The number of nitrogens with one attached hydrogen (secondary N) is 1. The second kappa shape index (κ2) is 10.4. The van der Waals surface area contributed by atoms with Gasteiger partial charge in [-0.25, -0.2) is 5.48 Å². The summed E-state index contributed by atoms with van der Waals surface area (Å²) in [6.07, 6.45) is 20.3. The van der Waals surface area contributed by atoms with Gasteiger partial charge < -0.3 is 9.84 Å². The maximum absolute atomic E-state index is 11.0. The normalized spacial score (nSPS) is 32.5. The SMILES string of the molecule is O=C(CCCC=CC[C@H]1[C@H](C=CC(O)C2CCCCC2)[C@@H]2CC[C@H]1O2)NO. The summed E-state index contributed by atoms with van der Waals surface area (Å²) in [6.45, 7) is 0. The Morgan fingerprint density at radius 1 is 1.11 bits per heavy atom. The first-order valence-corrected chi connectivity index (χ1v) is 10.8. The highest BCUT2D eigenvalue weighted by atomic mass is 16.5. The quantitative estimate of drug-likeness (QED) is 0.246. The molecule has 3 N–H and O–H groups in total. The van der Waals surface area contributed by atoms with E-state index in [9.17, 15) is 9.90 Å². The van der Waals surface area contributed by atoms with E-state index in [-0.39, 0.29) is 12.0 Å². The molecule has 2 heterocycles. The number of hydrogen-bond donors (Lipinski definition) is 3. The summed E-state index contributed by atoms with van der Waals surface area (Å²) >= 11 is 0. The first-order valence-electron chi connectivity index (χ1n) is 10.8. The fourth-order valence-corrected chi connectivity index (χ4v) is 5.07. The van der Waals surface area contributed by atoms with Crippen LogP contribution in [-0.4, -0.2) is 34.5 Å². The number of amides is 1. The zero-order valence-electron chi connectivity index (χ0n) is 16.3. The van der Waals surface area contributed by atoms with Crippen LogP contribution in [0.25, 0.3) is 0 Å². The molecule has 3 aliphatic rings. The third kappa shape index (κ3) is 5.66. The number of carbonyl (C=O) groups excluding carboxylic acids is 1. The van der Waals surface area contributed by atoms with Crippen molar-refractivity contribution in [3.05, 3.63) is 24.3 Å². The second-order valence-corrected chi connectivity index (χ2v) is 8.44. The van der Waals surface area contributed by atoms with Crippen molar-refractivity contribution in [2.24, 2.45) is 17.8 Å². The average molecular weight is 378 g/mol. The Hall–Kier alpha value is -1.17. The lowest BCUT2D eigenvalue weighted by Gasteiger charge is -2.27. The van der Waals surface area contributed by atoms with E-state index in [0.29, 0.717) is 36.4 Å². The number of hydrogen-bond acceptors (Lipinski definition) is 4. The first-order chi connectivity index (χ1) is 13.2. The molecule has 5 heteroatoms. The van der Waals surface area contributed by atoms with Gasteiger partial charge in [0, 0.05) is 12.3 Å². The van der Waals surface area contributed by atoms with Gasteiger partial charge in [-0.05, 0) is 56.8 Å². The van der Waals surface area contributed by atoms with E-state index < -0.39 is 0 Å². The van der Waals surface area contributed by atoms with Gasteiger partial charge in [0.15, 0.2) is 0 Å². The van der Waals surface area contributed by atoms with Gasteiger partial charge in [-0.15, -0.1) is 0 Å². The van der Waals surface area contributed by atoms with E-state index in [4.69, 9.17) is 9.94 Å². The molecule has 1 saturated carbocycles. The van der Waals surface area contributed by atoms with Gasteiger partial charge >= 0.3 is 0 Å². The minimum atomic E-state index is -0.327. The molecule has 27 heavy (non-hydrogen) atoms. The number of aliphatic hydroxyl groups is 1. The molecule has 5 atom stereocenters. The molecule has 0 radical (unpaired) electrons. The molecule has 1 unspecified atom stereocenters. The van der Waals surface area contributed by atoms with Crippen molar-refractivity contribution in [1.29, 1.82) is 0 Å². The molecular weight excluding hydrogens is 342 g/mol. The van der Waals surface area contributed by atoms with Gasteiger partial charge in [0.2, 0.25) is 5.91 Å². The topological polar surface area (TPSA) is 78.8 Å². The lowest BCUT2D eigenvalue weighted by Crippen LogP contribution is -2.26. The van der Waals surface area contributed by atoms with Gasteiger partial charge in [0.05, 0.1) is 18.3 Å². The van der Waals surface area contributed by atoms with Crippen molar-refractivity contribution in [2.45, 2.75) is 88.9 Å². The maximum atomic E-state index is 11.0. The summed E-state index contributed by atoms with van der Waals surface area (Å²) in [5.74, 6) is 1.01. The van der Waals surface area contributed by atoms with Gasteiger partial charge in [0.1, 0.15) is 0 Å². The van der Waals surface area contributed by atoms with E-state index in [2.05, 4.69) is 24.3 Å². The Morgan fingerprint density at radius 3 is 2.67 bits per heavy atom. The van der Waals surface area contributed by atoms with Crippen LogP contribution in [0.3, 0.4) is 0 Å². The number of ether oxygens (including phenoxy) is 1. The van der Waals surface area contributed by atoms with Crippen LogP contribution >= 0.6 is 0 Å². The number of rotatable bonds is 9. The minimum absolute atomic E-state index is 0.307. The predicted molar refractivity (Wildman–Crippen MR) is 104 cm³/mol. The molecule has 2 aliphatic heterocycles. The lowest BCUT2D eigenvalue weighted by molar-refractivity contribution is -0.129. The van der Waals surface area contributed by atoms with Crippen LogP contribution in [-0.2, 0) is 9.53 Å². The second-order valence-electron chi connectivity index (χ2n) is 8.44. The summed E-state index contributed by atoms with van der Waals surface area (Å²) in [7, 11) is 0. The Balaban J connectivity index is 1.47. The Kier molecular flexibility index (Phi) is 7.92. The van der Waals surface area contributed by atoms with Gasteiger partial charge in [-0.3, -0.25) is 10.0 Å². The predicted octanol–water partition coefficient (Wildman–Crippen LogP) is 3.90. The van der Waals surface area contributed by atoms with E-state index in [1.54, 1.807) is 5.48 Å². The van der Waals surface area contributed by atoms with Crippen LogP contribution in [0.1, 0.15) is 70.6 Å². The third-order valence-corrected chi connectivity index (χ3v) is 6.62. The Bertz CT molecular complexity index is 526. The highest BCUT2D eigenvalue weighted by molar-refractivity contribution is 5.74. The van der Waals surface area contributed by atoms with E-state index in [1.165, 1.54) is 19.3 Å². The molecule has 2 bridgehead atoms. The molecule has 1 aliphatic carbocycles. The fraction of sp³-hybridized carbons (Fsp3) is 0.773. The Morgan fingerprint density at radius 2 is 1.89 bits per heavy atom. The standard InChI is InChI=1S/C22H35NO4/c24-19(16-8-4-3-5-9-16)13-12-18-17(20-14-15-21(18)27-20)10-6-1-2-7-11-22(25)23-26/h1,6,12-13,16-21,24,26H,2-5,7-11,14-15H2,(H,23,25)/t17-,18-,19?,20+,21-/m0/s1. The van der Waals surface area contributed by atoms with Crippen molar-refractivity contribution >= 4 is 5.91 Å². The van der Waals surface area contributed by atoms with E-state index >= 15 is 0 Å². The van der Waals surface area contributed by atoms with E-state index in [1.807, 2.05) is 0 Å². The summed E-state index contributed by atoms with van der Waals surface area (Å²) < 4.78 is 6.15. The summed E-state index contributed by atoms with van der Waals surface area (Å²) in [5.41, 5.74) is 1.66. The van der Waals surface area contributed by atoms with Crippen LogP contribution in [0, 0.1) is 17.8 Å². The molecular formula is C22H35NO4. The molecule has 2 saturated heterocycles. The molecule has 0 aromatic heterocycles. The minimum Gasteiger partial charge on any atom is -0.389 e. The third-order valence-electron chi connectivity index (χ3n) is 6.62. The monoisotopic (exact) mass is 377 g/mol. The molecule has 3 rings (SSSR count). The highest BCUT2D eigenvalue weighted by Crippen LogP contribution is 2.46. The number of carbonyl (C=O) groups is 1. The molecule has 152 valence electrons. The van der Waals surface area contributed by atoms with E-state index in [0.717, 1.165) is 44.9 Å². The smallest absolute Gasteiger partial charge is 0.243 e. The highest BCUT2D eigenvalue weighted by Gasteiger charge is 2.46. The van der Waals surface area contributed by atoms with Crippen molar-refractivity contribution < 1.29 is 19.8 Å². The fourth-order valence-electron chi connectivity index (χ4n) is 5.07. The zero-order chi connectivity index (χ0) is 19.1. The van der Waals surface area contributed by atoms with Gasteiger partial charge in [0.25, 0.3) is 0 Å². The number of unbranched alkanes of at least 4 members (excludes halogenated alkanes) is 1. The number of hydroxylamine groups is 1. The maximum Gasteiger partial charge on any atom is 0.243 e. The van der Waals surface area contributed by atoms with Crippen LogP contribution in [0.5, 0.6) is 0 Å². The zero-order valence-corrected chi connectivity index (χ0v) is 16.3. The largest absolute Gasteiger partial charge is 0.389 e. The van der Waals surface area contributed by atoms with Crippen molar-refractivity contribution in [3.8, 4) is 0 Å². The molecule has 0 aromatic rings. The lowest BCUT2D eigenvalue weighted by atomic mass is 9.76. The number of allylic oxidation sites excluding steroid dienone is 2. The summed E-state index contributed by atoms with van der Waals surface area (Å²) in [5, 5.41) is 19.0.